The number of nitrogens with one attached hydrogen (secondary N) is 1. The van der Waals surface area contributed by atoms with Crippen LogP contribution in [0.25, 0.3) is 5.69 Å². The van der Waals surface area contributed by atoms with Gasteiger partial charge in [0.1, 0.15) is 11.5 Å². The summed E-state index contributed by atoms with van der Waals surface area (Å²) in [5.41, 5.74) is -2.31. The fourth-order valence-electron chi connectivity index (χ4n) is 4.11. The Balaban J connectivity index is 1.58. The molecule has 1 amide bonds. The molecule has 3 aromatic rings. The van der Waals surface area contributed by atoms with E-state index < -0.39 is 29.2 Å². The number of para-hydroxylation sites is 1. The van der Waals surface area contributed by atoms with E-state index in [9.17, 15) is 22.4 Å². The number of hydrogen-bond donors (Lipinski definition) is 1. The van der Waals surface area contributed by atoms with Gasteiger partial charge in [0.05, 0.1) is 17.8 Å². The highest BCUT2D eigenvalue weighted by molar-refractivity contribution is 7.10. The largest absolute Gasteiger partial charge is 0.434 e. The van der Waals surface area contributed by atoms with Crippen LogP contribution in [0.15, 0.2) is 48.0 Å². The predicted molar refractivity (Wildman–Crippen MR) is 118 cm³/mol. The highest BCUT2D eigenvalue weighted by Gasteiger charge is 2.41. The summed E-state index contributed by atoms with van der Waals surface area (Å²) in [5, 5.41) is 8.31. The number of carbonyl (C=O) groups excluding carboxylic acids is 1. The summed E-state index contributed by atoms with van der Waals surface area (Å²) in [5.74, 6) is -1.13. The maximum absolute atomic E-state index is 14.2. The summed E-state index contributed by atoms with van der Waals surface area (Å²) in [7, 11) is 0. The molecule has 1 saturated heterocycles. The predicted octanol–water partition coefficient (Wildman–Crippen LogP) is 5.29. The maximum Gasteiger partial charge on any atom is 0.434 e. The van der Waals surface area contributed by atoms with Gasteiger partial charge in [0.25, 0.3) is 5.91 Å². The van der Waals surface area contributed by atoms with Gasteiger partial charge in [0.15, 0.2) is 5.69 Å². The van der Waals surface area contributed by atoms with E-state index in [2.05, 4.69) is 22.2 Å². The minimum absolute atomic E-state index is 0.127. The molecule has 2 aromatic heterocycles. The molecule has 1 N–H and O–H groups in total. The van der Waals surface area contributed by atoms with Crippen molar-refractivity contribution in [3.8, 4) is 5.69 Å². The van der Waals surface area contributed by atoms with Crippen molar-refractivity contribution in [1.82, 2.24) is 20.0 Å². The molecular weight excluding hydrogens is 456 g/mol. The maximum atomic E-state index is 14.2. The molecule has 1 unspecified atom stereocenters. The van der Waals surface area contributed by atoms with Gasteiger partial charge in [0.2, 0.25) is 0 Å². The Hall–Kier alpha value is -2.72. The minimum Gasteiger partial charge on any atom is -0.350 e. The second-order valence-electron chi connectivity index (χ2n) is 8.23. The van der Waals surface area contributed by atoms with Crippen molar-refractivity contribution in [1.29, 1.82) is 0 Å². The van der Waals surface area contributed by atoms with Gasteiger partial charge in [0, 0.05) is 11.4 Å². The zero-order chi connectivity index (χ0) is 23.6. The lowest BCUT2D eigenvalue weighted by Gasteiger charge is -2.36. The number of halogens is 4. The molecule has 1 aromatic carbocycles. The second-order valence-corrected chi connectivity index (χ2v) is 9.21. The fourth-order valence-corrected chi connectivity index (χ4v) is 4.97. The first-order valence-corrected chi connectivity index (χ1v) is 11.6. The van der Waals surface area contributed by atoms with E-state index in [0.29, 0.717) is 10.6 Å². The van der Waals surface area contributed by atoms with Crippen LogP contribution in [0, 0.1) is 11.7 Å². The summed E-state index contributed by atoms with van der Waals surface area (Å²) in [6.45, 7) is 4.08. The third-order valence-corrected chi connectivity index (χ3v) is 6.92. The van der Waals surface area contributed by atoms with Crippen LogP contribution in [0.5, 0.6) is 0 Å². The Morgan fingerprint density at radius 1 is 1.21 bits per heavy atom. The number of piperidine rings is 1. The number of rotatable bonds is 6. The van der Waals surface area contributed by atoms with Gasteiger partial charge >= 0.3 is 6.18 Å². The molecular formula is C23H24F4N4OS. The third kappa shape index (κ3) is 5.11. The monoisotopic (exact) mass is 480 g/mol. The van der Waals surface area contributed by atoms with E-state index in [-0.39, 0.29) is 18.3 Å². The van der Waals surface area contributed by atoms with Gasteiger partial charge < -0.3 is 5.32 Å². The first-order chi connectivity index (χ1) is 15.8. The number of thiophene rings is 1. The molecule has 1 aliphatic heterocycles. The Morgan fingerprint density at radius 2 is 1.94 bits per heavy atom. The van der Waals surface area contributed by atoms with Gasteiger partial charge in [-0.15, -0.1) is 11.3 Å². The molecule has 33 heavy (non-hydrogen) atoms. The Bertz CT molecular complexity index is 1090. The SMILES string of the molecule is CC1CCN(C(CNC(=O)c2cnn(-c3ccccc3F)c2C(F)(F)F)c2cccs2)CC1. The Kier molecular flexibility index (Phi) is 6.85. The topological polar surface area (TPSA) is 50.2 Å². The average Bonchev–Trinajstić information content (AvgIpc) is 3.45. The van der Waals surface area contributed by atoms with Crippen molar-refractivity contribution in [3.05, 3.63) is 69.9 Å². The van der Waals surface area contributed by atoms with Crippen LogP contribution >= 0.6 is 11.3 Å². The van der Waals surface area contributed by atoms with Crippen molar-refractivity contribution < 1.29 is 22.4 Å². The van der Waals surface area contributed by atoms with Gasteiger partial charge in [-0.3, -0.25) is 9.69 Å². The van der Waals surface area contributed by atoms with Gasteiger partial charge in [-0.2, -0.15) is 18.3 Å². The molecule has 0 saturated carbocycles. The van der Waals surface area contributed by atoms with E-state index in [1.54, 1.807) is 11.3 Å². The van der Waals surface area contributed by atoms with Crippen LogP contribution in [0.4, 0.5) is 17.6 Å². The van der Waals surface area contributed by atoms with Crippen LogP contribution < -0.4 is 5.32 Å². The Labute approximate surface area is 193 Å². The zero-order valence-electron chi connectivity index (χ0n) is 18.0. The van der Waals surface area contributed by atoms with E-state index in [4.69, 9.17) is 0 Å². The van der Waals surface area contributed by atoms with Crippen LogP contribution in [-0.4, -0.2) is 40.2 Å². The molecule has 176 valence electrons. The van der Waals surface area contributed by atoms with Crippen LogP contribution in [-0.2, 0) is 6.18 Å². The molecule has 1 fully saturated rings. The molecule has 0 bridgehead atoms. The number of alkyl halides is 3. The Morgan fingerprint density at radius 3 is 2.58 bits per heavy atom. The highest BCUT2D eigenvalue weighted by atomic mass is 32.1. The summed E-state index contributed by atoms with van der Waals surface area (Å²) < 4.78 is 56.3. The van der Waals surface area contributed by atoms with E-state index >= 15 is 0 Å². The number of benzene rings is 1. The molecule has 1 aliphatic rings. The van der Waals surface area contributed by atoms with Crippen LogP contribution in [0.1, 0.15) is 46.7 Å². The van der Waals surface area contributed by atoms with Gasteiger partial charge in [-0.1, -0.05) is 25.1 Å². The molecule has 0 spiro atoms. The quantitative estimate of drug-likeness (QED) is 0.488. The van der Waals surface area contributed by atoms with Crippen molar-refractivity contribution in [2.24, 2.45) is 5.92 Å². The number of hydrogen-bond acceptors (Lipinski definition) is 4. The summed E-state index contributed by atoms with van der Waals surface area (Å²) >= 11 is 1.55. The molecule has 5 nitrogen and oxygen atoms in total. The van der Waals surface area contributed by atoms with Crippen molar-refractivity contribution in [2.45, 2.75) is 32.0 Å². The van der Waals surface area contributed by atoms with Gasteiger partial charge in [-0.25, -0.2) is 9.07 Å². The average molecular weight is 481 g/mol. The molecule has 1 atom stereocenters. The van der Waals surface area contributed by atoms with Crippen LogP contribution in [0.2, 0.25) is 0 Å². The summed E-state index contributed by atoms with van der Waals surface area (Å²) in [4.78, 5) is 16.2. The first-order valence-electron chi connectivity index (χ1n) is 10.7. The van der Waals surface area contributed by atoms with E-state index in [1.165, 1.54) is 18.2 Å². The smallest absolute Gasteiger partial charge is 0.350 e. The summed E-state index contributed by atoms with van der Waals surface area (Å²) in [6.07, 6.45) is -2.00. The first kappa shape index (κ1) is 23.4. The normalized spacial score (nSPS) is 16.6. The molecule has 0 radical (unpaired) electrons. The number of aromatic nitrogens is 2. The highest BCUT2D eigenvalue weighted by Crippen LogP contribution is 2.34. The lowest BCUT2D eigenvalue weighted by atomic mass is 9.97. The van der Waals surface area contributed by atoms with Crippen LogP contribution in [0.3, 0.4) is 0 Å². The van der Waals surface area contributed by atoms with E-state index in [0.717, 1.165) is 43.1 Å². The van der Waals surface area contributed by atoms with Gasteiger partial charge in [-0.05, 0) is 55.4 Å². The summed E-state index contributed by atoms with van der Waals surface area (Å²) in [6, 6.07) is 8.77. The standard InChI is InChI=1S/C23H24F4N4OS/c1-15-8-10-30(11-9-15)19(20-7-4-12-33-20)14-28-22(32)16-13-29-31(21(16)23(25,26)27)18-6-3-2-5-17(18)24/h2-7,12-13,15,19H,8-11,14H2,1H3,(H,28,32). The number of carbonyl (C=O) groups is 1. The van der Waals surface area contributed by atoms with Crippen molar-refractivity contribution in [3.63, 3.8) is 0 Å². The lowest BCUT2D eigenvalue weighted by Crippen LogP contribution is -2.41. The zero-order valence-corrected chi connectivity index (χ0v) is 18.8. The molecule has 3 heterocycles. The lowest BCUT2D eigenvalue weighted by molar-refractivity contribution is -0.143. The molecule has 4 rings (SSSR count). The van der Waals surface area contributed by atoms with Crippen molar-refractivity contribution in [2.75, 3.05) is 19.6 Å². The third-order valence-electron chi connectivity index (χ3n) is 5.95. The minimum atomic E-state index is -4.90. The van der Waals surface area contributed by atoms with Crippen molar-refractivity contribution >= 4 is 17.2 Å². The number of amides is 1. The number of nitrogens with zero attached hydrogens (tertiary/aromatic N) is 3. The fraction of sp³-hybridized carbons (Fsp3) is 0.391. The number of likely N-dealkylation sites (tertiary alicyclic amines) is 1. The molecule has 10 heteroatoms. The molecule has 0 aliphatic carbocycles. The van der Waals surface area contributed by atoms with E-state index in [1.807, 2.05) is 17.5 Å². The second kappa shape index (κ2) is 9.64.